The fourth-order valence-corrected chi connectivity index (χ4v) is 3.52. The van der Waals surface area contributed by atoms with E-state index in [1.54, 1.807) is 0 Å². The lowest BCUT2D eigenvalue weighted by molar-refractivity contribution is -0.213. The van der Waals surface area contributed by atoms with Crippen LogP contribution < -0.4 is 0 Å². The smallest absolute Gasteiger partial charge is 0.303 e. The fourth-order valence-electron chi connectivity index (χ4n) is 2.44. The summed E-state index contributed by atoms with van der Waals surface area (Å²) < 4.78 is 21.6. The lowest BCUT2D eigenvalue weighted by Crippen LogP contribution is -2.56. The molecule has 0 aliphatic carbocycles. The lowest BCUT2D eigenvalue weighted by Gasteiger charge is -2.40. The molecule has 1 fully saturated rings. The van der Waals surface area contributed by atoms with Crippen molar-refractivity contribution in [3.63, 3.8) is 0 Å². The summed E-state index contributed by atoms with van der Waals surface area (Å²) in [5.74, 6) is -1.65. The van der Waals surface area contributed by atoms with Crippen LogP contribution in [0.3, 0.4) is 0 Å². The highest BCUT2D eigenvalue weighted by molar-refractivity contribution is 7.99. The Hall–Kier alpha value is -2.06. The molecule has 0 aromatic heterocycles. The average molecular weight is 368 g/mol. The third-order valence-corrected chi connectivity index (χ3v) is 4.48. The molecule has 4 atom stereocenters. The largest absolute Gasteiger partial charge is 0.456 e. The van der Waals surface area contributed by atoms with E-state index in [0.29, 0.717) is 0 Å². The lowest BCUT2D eigenvalue weighted by atomic mass is 10.1. The van der Waals surface area contributed by atoms with E-state index in [4.69, 9.17) is 18.9 Å². The van der Waals surface area contributed by atoms with Crippen molar-refractivity contribution in [2.45, 2.75) is 49.4 Å². The van der Waals surface area contributed by atoms with Crippen molar-refractivity contribution < 1.29 is 33.3 Å². The number of benzene rings is 1. The molecule has 25 heavy (non-hydrogen) atoms. The molecule has 1 aliphatic rings. The summed E-state index contributed by atoms with van der Waals surface area (Å²) in [7, 11) is 0. The summed E-state index contributed by atoms with van der Waals surface area (Å²) in [5.41, 5.74) is -0.609. The van der Waals surface area contributed by atoms with Gasteiger partial charge in [-0.3, -0.25) is 14.4 Å². The van der Waals surface area contributed by atoms with Crippen molar-refractivity contribution in [2.75, 3.05) is 6.61 Å². The van der Waals surface area contributed by atoms with Crippen molar-refractivity contribution in [2.24, 2.45) is 0 Å². The van der Waals surface area contributed by atoms with Crippen molar-refractivity contribution in [3.05, 3.63) is 30.3 Å². The van der Waals surface area contributed by atoms with E-state index in [2.05, 4.69) is 0 Å². The number of hydrogen-bond acceptors (Lipinski definition) is 8. The van der Waals surface area contributed by atoms with E-state index < -0.39 is 41.7 Å². The summed E-state index contributed by atoms with van der Waals surface area (Å²) in [5, 5.41) is 0. The van der Waals surface area contributed by atoms with Gasteiger partial charge in [0.2, 0.25) is 0 Å². The fraction of sp³-hybridized carbons (Fsp3) is 0.471. The Kier molecular flexibility index (Phi) is 6.83. The molecule has 1 aromatic carbocycles. The van der Waals surface area contributed by atoms with Gasteiger partial charge in [0.05, 0.1) is 6.61 Å². The molecular formula is C17H20O7S. The molecule has 1 heterocycles. The summed E-state index contributed by atoms with van der Waals surface area (Å²) >= 11 is 1.34. The van der Waals surface area contributed by atoms with Gasteiger partial charge in [0.25, 0.3) is 0 Å². The van der Waals surface area contributed by atoms with Crippen molar-refractivity contribution in [3.8, 4) is 0 Å². The number of ether oxygens (including phenoxy) is 4. The molecule has 0 amide bonds. The average Bonchev–Trinajstić information content (AvgIpc) is 2.52. The molecule has 1 saturated heterocycles. The van der Waals surface area contributed by atoms with Gasteiger partial charge in [-0.1, -0.05) is 30.0 Å². The Morgan fingerprint density at radius 3 is 2.04 bits per heavy atom. The van der Waals surface area contributed by atoms with Crippen molar-refractivity contribution >= 4 is 29.7 Å². The van der Waals surface area contributed by atoms with Crippen LogP contribution in [0.15, 0.2) is 35.2 Å². The monoisotopic (exact) mass is 368 g/mol. The van der Waals surface area contributed by atoms with Gasteiger partial charge in [-0.05, 0) is 12.1 Å². The van der Waals surface area contributed by atoms with E-state index in [9.17, 15) is 14.4 Å². The summed E-state index contributed by atoms with van der Waals surface area (Å²) in [6.07, 6.45) is -2.71. The van der Waals surface area contributed by atoms with Crippen LogP contribution in [-0.2, 0) is 33.3 Å². The second-order valence-corrected chi connectivity index (χ2v) is 6.60. The predicted molar refractivity (Wildman–Crippen MR) is 88.7 cm³/mol. The van der Waals surface area contributed by atoms with Gasteiger partial charge in [0, 0.05) is 25.7 Å². The summed E-state index contributed by atoms with van der Waals surface area (Å²) in [6.45, 7) is 3.77. The van der Waals surface area contributed by atoms with Crippen LogP contribution in [0.1, 0.15) is 20.8 Å². The van der Waals surface area contributed by atoms with Crippen LogP contribution >= 0.6 is 11.8 Å². The Morgan fingerprint density at radius 1 is 0.920 bits per heavy atom. The van der Waals surface area contributed by atoms with Crippen LogP contribution in [0.5, 0.6) is 0 Å². The molecular weight excluding hydrogens is 348 g/mol. The van der Waals surface area contributed by atoms with Crippen molar-refractivity contribution in [1.29, 1.82) is 0 Å². The minimum atomic E-state index is -0.944. The quantitative estimate of drug-likeness (QED) is 0.575. The summed E-state index contributed by atoms with van der Waals surface area (Å²) in [6, 6.07) is 9.40. The van der Waals surface area contributed by atoms with Gasteiger partial charge in [0.1, 0.15) is 5.44 Å². The van der Waals surface area contributed by atoms with E-state index >= 15 is 0 Å². The van der Waals surface area contributed by atoms with Crippen LogP contribution in [0.4, 0.5) is 0 Å². The third kappa shape index (κ3) is 5.75. The van der Waals surface area contributed by atoms with Crippen LogP contribution in [-0.4, -0.2) is 48.3 Å². The van der Waals surface area contributed by atoms with Crippen molar-refractivity contribution in [1.82, 2.24) is 0 Å². The van der Waals surface area contributed by atoms with E-state index in [1.807, 2.05) is 30.3 Å². The number of carbonyl (C=O) groups is 3. The maximum absolute atomic E-state index is 11.5. The maximum Gasteiger partial charge on any atom is 0.303 e. The highest BCUT2D eigenvalue weighted by atomic mass is 32.2. The molecule has 2 rings (SSSR count). The SMILES string of the molecule is CC(=O)OC1[C@@H](OC(C)=O)[C@@H](OC(C)=O)CO[C@H]1Sc1ccccc1. The molecule has 0 N–H and O–H groups in total. The van der Waals surface area contributed by atoms with E-state index in [-0.39, 0.29) is 6.61 Å². The van der Waals surface area contributed by atoms with Gasteiger partial charge >= 0.3 is 17.9 Å². The minimum absolute atomic E-state index is 0.0276. The Morgan fingerprint density at radius 2 is 1.48 bits per heavy atom. The molecule has 0 spiro atoms. The zero-order valence-corrected chi connectivity index (χ0v) is 15.0. The molecule has 8 heteroatoms. The molecule has 7 nitrogen and oxygen atoms in total. The third-order valence-electron chi connectivity index (χ3n) is 3.30. The van der Waals surface area contributed by atoms with Gasteiger partial charge in [-0.25, -0.2) is 0 Å². The van der Waals surface area contributed by atoms with E-state index in [1.165, 1.54) is 32.5 Å². The summed E-state index contributed by atoms with van der Waals surface area (Å²) in [4.78, 5) is 35.2. The van der Waals surface area contributed by atoms with E-state index in [0.717, 1.165) is 4.90 Å². The van der Waals surface area contributed by atoms with Crippen LogP contribution in [0, 0.1) is 0 Å². The molecule has 0 saturated carbocycles. The highest BCUT2D eigenvalue weighted by Gasteiger charge is 2.47. The first kappa shape index (κ1) is 19.3. The maximum atomic E-state index is 11.5. The first-order valence-corrected chi connectivity index (χ1v) is 8.59. The Balaban J connectivity index is 2.25. The molecule has 0 bridgehead atoms. The van der Waals surface area contributed by atoms with Crippen LogP contribution in [0.2, 0.25) is 0 Å². The normalized spacial score (nSPS) is 25.7. The minimum Gasteiger partial charge on any atom is -0.456 e. The highest BCUT2D eigenvalue weighted by Crippen LogP contribution is 2.34. The van der Waals surface area contributed by atoms with Gasteiger partial charge in [-0.15, -0.1) is 0 Å². The molecule has 136 valence electrons. The number of rotatable bonds is 5. The number of thioether (sulfide) groups is 1. The topological polar surface area (TPSA) is 88.1 Å². The van der Waals surface area contributed by atoms with Gasteiger partial charge < -0.3 is 18.9 Å². The zero-order chi connectivity index (χ0) is 18.4. The number of esters is 3. The van der Waals surface area contributed by atoms with Gasteiger partial charge in [0.15, 0.2) is 18.3 Å². The molecule has 1 aromatic rings. The Bertz CT molecular complexity index is 619. The second-order valence-electron chi connectivity index (χ2n) is 5.43. The first-order valence-electron chi connectivity index (χ1n) is 7.71. The molecule has 1 unspecified atom stereocenters. The standard InChI is InChI=1S/C17H20O7S/c1-10(18)22-14-9-21-17(25-13-7-5-4-6-8-13)16(24-12(3)20)15(14)23-11(2)19/h4-8,14-17H,9H2,1-3H3/t14-,15-,16?,17-/m0/s1. The number of carbonyl (C=O) groups excluding carboxylic acids is 3. The molecule has 0 radical (unpaired) electrons. The second kappa shape index (κ2) is 8.87. The predicted octanol–water partition coefficient (Wildman–Crippen LogP) is 1.93. The molecule has 1 aliphatic heterocycles. The number of hydrogen-bond donors (Lipinski definition) is 0. The first-order chi connectivity index (χ1) is 11.9. The zero-order valence-electron chi connectivity index (χ0n) is 14.2. The van der Waals surface area contributed by atoms with Gasteiger partial charge in [-0.2, -0.15) is 0 Å². The van der Waals surface area contributed by atoms with Crippen LogP contribution in [0.25, 0.3) is 0 Å². The Labute approximate surface area is 150 Å².